The van der Waals surface area contributed by atoms with Crippen LogP contribution < -0.4 is 10.3 Å². The molecule has 0 saturated heterocycles. The summed E-state index contributed by atoms with van der Waals surface area (Å²) in [6, 6.07) is 21.9. The number of nitrogens with zero attached hydrogens (tertiary/aromatic N) is 5. The lowest BCUT2D eigenvalue weighted by molar-refractivity contribution is 0.161. The summed E-state index contributed by atoms with van der Waals surface area (Å²) in [4.78, 5) is 18.4. The van der Waals surface area contributed by atoms with Crippen molar-refractivity contribution in [2.45, 2.75) is 45.9 Å². The molecule has 2 aromatic heterocycles. The van der Waals surface area contributed by atoms with Gasteiger partial charge in [0.15, 0.2) is 5.82 Å². The Bertz CT molecular complexity index is 1610. The van der Waals surface area contributed by atoms with Crippen LogP contribution >= 0.6 is 0 Å². The third-order valence-corrected chi connectivity index (χ3v) is 7.01. The van der Waals surface area contributed by atoms with Gasteiger partial charge in [0, 0.05) is 18.7 Å². The first-order chi connectivity index (χ1) is 18.9. The van der Waals surface area contributed by atoms with Gasteiger partial charge in [-0.05, 0) is 76.2 Å². The molecule has 0 aliphatic carbocycles. The molecule has 0 bridgehead atoms. The average Bonchev–Trinajstić information content (AvgIpc) is 3.39. The highest BCUT2D eigenvalue weighted by atomic mass is 19.1. The van der Waals surface area contributed by atoms with Crippen LogP contribution in [0.4, 0.5) is 4.39 Å². The first-order valence-electron chi connectivity index (χ1n) is 12.9. The molecule has 8 nitrogen and oxygen atoms in total. The number of para-hydroxylation sites is 1. The van der Waals surface area contributed by atoms with Crippen LogP contribution in [0.3, 0.4) is 0 Å². The zero-order chi connectivity index (χ0) is 27.4. The number of H-pyrrole nitrogens is 1. The first-order valence-corrected chi connectivity index (χ1v) is 12.9. The summed E-state index contributed by atoms with van der Waals surface area (Å²) in [7, 11) is 1.64. The van der Waals surface area contributed by atoms with Crippen molar-refractivity contribution in [2.75, 3.05) is 7.11 Å². The van der Waals surface area contributed by atoms with E-state index in [1.165, 1.54) is 12.1 Å². The van der Waals surface area contributed by atoms with E-state index >= 15 is 0 Å². The van der Waals surface area contributed by atoms with Crippen molar-refractivity contribution in [3.63, 3.8) is 0 Å². The summed E-state index contributed by atoms with van der Waals surface area (Å²) in [6.45, 7) is 5.39. The predicted octanol–water partition coefficient (Wildman–Crippen LogP) is 5.17. The molecule has 0 aliphatic heterocycles. The summed E-state index contributed by atoms with van der Waals surface area (Å²) in [5, 5.41) is 13.7. The van der Waals surface area contributed by atoms with Gasteiger partial charge in [0.05, 0.1) is 25.2 Å². The van der Waals surface area contributed by atoms with Crippen LogP contribution in [0, 0.1) is 12.7 Å². The Hall–Kier alpha value is -4.37. The number of benzene rings is 3. The van der Waals surface area contributed by atoms with Gasteiger partial charge in [-0.25, -0.2) is 9.07 Å². The second kappa shape index (κ2) is 11.6. The molecule has 1 unspecified atom stereocenters. The Morgan fingerprint density at radius 1 is 1.03 bits per heavy atom. The fourth-order valence-corrected chi connectivity index (χ4v) is 4.94. The number of halogens is 1. The number of hydrogen-bond donors (Lipinski definition) is 1. The van der Waals surface area contributed by atoms with Gasteiger partial charge < -0.3 is 9.72 Å². The zero-order valence-corrected chi connectivity index (χ0v) is 22.3. The topological polar surface area (TPSA) is 88.9 Å². The number of methoxy groups -OCH3 is 1. The lowest BCUT2D eigenvalue weighted by Gasteiger charge is -2.30. The molecular formula is C30H31FN6O2. The second-order valence-electron chi connectivity index (χ2n) is 9.66. The number of rotatable bonds is 10. The summed E-state index contributed by atoms with van der Waals surface area (Å²) in [5.41, 5.74) is 4.33. The highest BCUT2D eigenvalue weighted by Crippen LogP contribution is 2.27. The molecule has 0 saturated carbocycles. The lowest BCUT2D eigenvalue weighted by Crippen LogP contribution is -2.32. The number of aromatic nitrogens is 5. The van der Waals surface area contributed by atoms with Gasteiger partial charge in [-0.3, -0.25) is 9.69 Å². The standard InChI is InChI=1S/C30H31FN6O2/c1-4-27(29-33-34-35-37(29)18-22-10-14-26(39-3)15-11-22)36(17-21-8-12-25(31)13-9-21)19-24-16-23-7-5-6-20(2)28(23)32-30(24)38/h5-16,27H,4,17-19H2,1-3H3,(H,32,38). The van der Waals surface area contributed by atoms with Crippen LogP contribution in [0.1, 0.15) is 47.5 Å². The lowest BCUT2D eigenvalue weighted by atomic mass is 10.1. The Morgan fingerprint density at radius 2 is 1.77 bits per heavy atom. The van der Waals surface area contributed by atoms with E-state index in [0.717, 1.165) is 33.3 Å². The van der Waals surface area contributed by atoms with Gasteiger partial charge in [-0.2, -0.15) is 0 Å². The van der Waals surface area contributed by atoms with Gasteiger partial charge >= 0.3 is 0 Å². The van der Waals surface area contributed by atoms with Crippen molar-refractivity contribution in [3.8, 4) is 5.75 Å². The number of ether oxygens (including phenoxy) is 1. The third kappa shape index (κ3) is 5.88. The van der Waals surface area contributed by atoms with Gasteiger partial charge in [0.1, 0.15) is 11.6 Å². The number of aryl methyl sites for hydroxylation is 1. The van der Waals surface area contributed by atoms with Crippen molar-refractivity contribution in [1.82, 2.24) is 30.1 Å². The summed E-state index contributed by atoms with van der Waals surface area (Å²) < 4.78 is 20.7. The fourth-order valence-electron chi connectivity index (χ4n) is 4.94. The zero-order valence-electron chi connectivity index (χ0n) is 22.3. The predicted molar refractivity (Wildman–Crippen MR) is 148 cm³/mol. The molecule has 5 aromatic rings. The maximum absolute atomic E-state index is 13.7. The molecule has 0 spiro atoms. The molecule has 2 heterocycles. The number of fused-ring (bicyclic) bond motifs is 1. The Kier molecular flexibility index (Phi) is 7.79. The first kappa shape index (κ1) is 26.2. The van der Waals surface area contributed by atoms with E-state index in [1.54, 1.807) is 23.9 Å². The monoisotopic (exact) mass is 526 g/mol. The number of tetrazole rings is 1. The molecule has 39 heavy (non-hydrogen) atoms. The highest BCUT2D eigenvalue weighted by Gasteiger charge is 2.26. The molecule has 3 aromatic carbocycles. The van der Waals surface area contributed by atoms with Crippen molar-refractivity contribution >= 4 is 10.9 Å². The smallest absolute Gasteiger partial charge is 0.252 e. The molecule has 0 amide bonds. The molecule has 9 heteroatoms. The van der Waals surface area contributed by atoms with Gasteiger partial charge in [-0.15, -0.1) is 5.10 Å². The van der Waals surface area contributed by atoms with Crippen LogP contribution in [0.25, 0.3) is 10.9 Å². The van der Waals surface area contributed by atoms with Crippen molar-refractivity contribution < 1.29 is 9.13 Å². The fraction of sp³-hybridized carbons (Fsp3) is 0.267. The maximum atomic E-state index is 13.7. The van der Waals surface area contributed by atoms with Crippen LogP contribution in [0.5, 0.6) is 5.75 Å². The third-order valence-electron chi connectivity index (χ3n) is 7.01. The van der Waals surface area contributed by atoms with Crippen LogP contribution in [0.2, 0.25) is 0 Å². The number of nitrogens with one attached hydrogen (secondary N) is 1. The van der Waals surface area contributed by atoms with E-state index in [-0.39, 0.29) is 17.4 Å². The Balaban J connectivity index is 1.50. The highest BCUT2D eigenvalue weighted by molar-refractivity contribution is 5.81. The molecule has 1 N–H and O–H groups in total. The minimum absolute atomic E-state index is 0.131. The Morgan fingerprint density at radius 3 is 2.49 bits per heavy atom. The van der Waals surface area contributed by atoms with Crippen molar-refractivity contribution in [2.24, 2.45) is 0 Å². The Labute approximate surface area is 226 Å². The summed E-state index contributed by atoms with van der Waals surface area (Å²) >= 11 is 0. The van der Waals surface area contributed by atoms with Crippen molar-refractivity contribution in [3.05, 3.63) is 117 Å². The van der Waals surface area contributed by atoms with E-state index < -0.39 is 0 Å². The molecule has 0 radical (unpaired) electrons. The number of pyridine rings is 1. The van der Waals surface area contributed by atoms with Crippen LogP contribution in [0.15, 0.2) is 77.6 Å². The van der Waals surface area contributed by atoms with E-state index in [4.69, 9.17) is 4.74 Å². The van der Waals surface area contributed by atoms with Gasteiger partial charge in [0.2, 0.25) is 0 Å². The molecular weight excluding hydrogens is 495 g/mol. The SMILES string of the molecule is CCC(c1nnnn1Cc1ccc(OC)cc1)N(Cc1ccc(F)cc1)Cc1cc2cccc(C)c2[nH]c1=O. The quantitative estimate of drug-likeness (QED) is 0.270. The number of hydrogen-bond acceptors (Lipinski definition) is 6. The summed E-state index contributed by atoms with van der Waals surface area (Å²) in [6.07, 6.45) is 0.703. The van der Waals surface area contributed by atoms with E-state index in [0.29, 0.717) is 37.4 Å². The van der Waals surface area contributed by atoms with Gasteiger partial charge in [-0.1, -0.05) is 49.4 Å². The second-order valence-corrected chi connectivity index (χ2v) is 9.66. The van der Waals surface area contributed by atoms with Crippen LogP contribution in [-0.2, 0) is 19.6 Å². The van der Waals surface area contributed by atoms with Crippen LogP contribution in [-0.4, -0.2) is 37.2 Å². The largest absolute Gasteiger partial charge is 0.497 e. The summed E-state index contributed by atoms with van der Waals surface area (Å²) in [5.74, 6) is 1.19. The van der Waals surface area contributed by atoms with Gasteiger partial charge in [0.25, 0.3) is 5.56 Å². The van der Waals surface area contributed by atoms with Crippen molar-refractivity contribution in [1.29, 1.82) is 0 Å². The molecule has 200 valence electrons. The van der Waals surface area contributed by atoms with E-state index in [1.807, 2.05) is 55.5 Å². The minimum Gasteiger partial charge on any atom is -0.497 e. The van der Waals surface area contributed by atoms with E-state index in [9.17, 15) is 9.18 Å². The molecule has 0 fully saturated rings. The normalized spacial score (nSPS) is 12.2. The number of aromatic amines is 1. The molecule has 1 atom stereocenters. The average molecular weight is 527 g/mol. The minimum atomic E-state index is -0.290. The molecule has 5 rings (SSSR count). The van der Waals surface area contributed by atoms with E-state index in [2.05, 4.69) is 32.3 Å². The molecule has 0 aliphatic rings. The maximum Gasteiger partial charge on any atom is 0.252 e.